The van der Waals surface area contributed by atoms with Crippen LogP contribution in [0.2, 0.25) is 0 Å². The lowest BCUT2D eigenvalue weighted by molar-refractivity contribution is -0.385. The molecule has 1 heterocycles. The average Bonchev–Trinajstić information content (AvgIpc) is 3.02. The third-order valence-electron chi connectivity index (χ3n) is 4.05. The van der Waals surface area contributed by atoms with Crippen molar-refractivity contribution >= 4 is 11.4 Å². The number of hydrogen-bond acceptors (Lipinski definition) is 4. The molecule has 25 heavy (non-hydrogen) atoms. The van der Waals surface area contributed by atoms with E-state index in [1.165, 1.54) is 12.1 Å². The van der Waals surface area contributed by atoms with Crippen molar-refractivity contribution in [1.29, 1.82) is 0 Å². The Bertz CT molecular complexity index is 859. The lowest BCUT2D eigenvalue weighted by Crippen LogP contribution is -2.01. The zero-order valence-corrected chi connectivity index (χ0v) is 13.2. The minimum atomic E-state index is -0.403. The second kappa shape index (κ2) is 6.96. The van der Waals surface area contributed by atoms with Crippen molar-refractivity contribution in [3.8, 4) is 0 Å². The van der Waals surface area contributed by atoms with Crippen LogP contribution >= 0.6 is 0 Å². The smallest absolute Gasteiger partial charge is 0.272 e. The second-order valence-electron chi connectivity index (χ2n) is 5.61. The lowest BCUT2D eigenvalue weighted by Gasteiger charge is -2.06. The third kappa shape index (κ3) is 3.55. The molecule has 1 N–H and O–H groups in total. The Balaban J connectivity index is 1.90. The van der Waals surface area contributed by atoms with Crippen LogP contribution in [0.1, 0.15) is 22.4 Å². The highest BCUT2D eigenvalue weighted by atomic mass is 16.6. The molecule has 0 radical (unpaired) electrons. The number of nitrogens with one attached hydrogen (secondary N) is 1. The van der Waals surface area contributed by atoms with E-state index in [0.717, 1.165) is 11.3 Å². The van der Waals surface area contributed by atoms with Crippen LogP contribution in [0.5, 0.6) is 0 Å². The molecule has 0 aliphatic rings. The van der Waals surface area contributed by atoms with Crippen LogP contribution in [0.4, 0.5) is 11.4 Å². The van der Waals surface area contributed by atoms with Gasteiger partial charge in [0, 0.05) is 48.0 Å². The molecule has 3 rings (SSSR count). The van der Waals surface area contributed by atoms with Gasteiger partial charge in [0.1, 0.15) is 0 Å². The van der Waals surface area contributed by atoms with Crippen LogP contribution in [0.3, 0.4) is 0 Å². The lowest BCUT2D eigenvalue weighted by atomic mass is 9.99. The van der Waals surface area contributed by atoms with Gasteiger partial charge in [-0.05, 0) is 11.6 Å². The molecule has 0 atom stereocenters. The molecule has 0 unspecified atom stereocenters. The predicted octanol–water partition coefficient (Wildman–Crippen LogP) is 4.01. The monoisotopic (exact) mass is 337 g/mol. The van der Waals surface area contributed by atoms with Crippen LogP contribution in [-0.4, -0.2) is 14.8 Å². The Morgan fingerprint density at radius 2 is 1.24 bits per heavy atom. The first-order valence-electron chi connectivity index (χ1n) is 7.66. The van der Waals surface area contributed by atoms with Gasteiger partial charge < -0.3 is 4.98 Å². The molecule has 1 aromatic heterocycles. The summed E-state index contributed by atoms with van der Waals surface area (Å²) in [5, 5.41) is 22.3. The summed E-state index contributed by atoms with van der Waals surface area (Å²) >= 11 is 0. The molecule has 0 fully saturated rings. The summed E-state index contributed by atoms with van der Waals surface area (Å²) in [6.07, 6.45) is 2.49. The molecule has 7 heteroatoms. The summed E-state index contributed by atoms with van der Waals surface area (Å²) in [6.45, 7) is 0. The molecule has 126 valence electrons. The maximum absolute atomic E-state index is 11.2. The molecule has 0 amide bonds. The van der Waals surface area contributed by atoms with Crippen LogP contribution < -0.4 is 0 Å². The minimum absolute atomic E-state index is 0.0636. The number of nitro benzene ring substituents is 2. The van der Waals surface area contributed by atoms with Crippen molar-refractivity contribution in [2.75, 3.05) is 0 Å². The SMILES string of the molecule is O=[N+]([O-])c1ccccc1Cc1cc[nH]c1Cc1ccccc1[N+](=O)[O-]. The van der Waals surface area contributed by atoms with Crippen molar-refractivity contribution in [2.45, 2.75) is 12.8 Å². The van der Waals surface area contributed by atoms with E-state index < -0.39 is 9.85 Å². The van der Waals surface area contributed by atoms with Crippen molar-refractivity contribution in [1.82, 2.24) is 4.98 Å². The summed E-state index contributed by atoms with van der Waals surface area (Å²) in [5.74, 6) is 0. The van der Waals surface area contributed by atoms with E-state index in [1.54, 1.807) is 42.6 Å². The Hall–Kier alpha value is -3.48. The van der Waals surface area contributed by atoms with Crippen LogP contribution in [0.25, 0.3) is 0 Å². The molecule has 0 spiro atoms. The fourth-order valence-corrected chi connectivity index (χ4v) is 2.84. The maximum Gasteiger partial charge on any atom is 0.272 e. The Kier molecular flexibility index (Phi) is 4.56. The van der Waals surface area contributed by atoms with Gasteiger partial charge >= 0.3 is 0 Å². The molecule has 2 aromatic carbocycles. The number of rotatable bonds is 6. The van der Waals surface area contributed by atoms with Crippen LogP contribution in [0.15, 0.2) is 60.8 Å². The van der Waals surface area contributed by atoms with Gasteiger partial charge in [-0.15, -0.1) is 0 Å². The molecule has 0 bridgehead atoms. The number of H-pyrrole nitrogens is 1. The number of nitro groups is 2. The molecule has 7 nitrogen and oxygen atoms in total. The van der Waals surface area contributed by atoms with E-state index in [-0.39, 0.29) is 11.4 Å². The molecular formula is C18H15N3O4. The van der Waals surface area contributed by atoms with Gasteiger partial charge in [-0.2, -0.15) is 0 Å². The number of para-hydroxylation sites is 2. The van der Waals surface area contributed by atoms with E-state index >= 15 is 0 Å². The van der Waals surface area contributed by atoms with Gasteiger partial charge in [0.2, 0.25) is 0 Å². The van der Waals surface area contributed by atoms with Crippen LogP contribution in [-0.2, 0) is 12.8 Å². The first-order valence-corrected chi connectivity index (χ1v) is 7.66. The first-order chi connectivity index (χ1) is 12.1. The van der Waals surface area contributed by atoms with E-state index in [1.807, 2.05) is 6.07 Å². The topological polar surface area (TPSA) is 102 Å². The highest BCUT2D eigenvalue weighted by molar-refractivity contribution is 5.46. The Morgan fingerprint density at radius 1 is 0.720 bits per heavy atom. The van der Waals surface area contributed by atoms with Crippen molar-refractivity contribution < 1.29 is 9.85 Å². The van der Waals surface area contributed by atoms with Crippen molar-refractivity contribution in [3.05, 3.63) is 103 Å². The summed E-state index contributed by atoms with van der Waals surface area (Å²) in [5.41, 5.74) is 3.03. The highest BCUT2D eigenvalue weighted by Gasteiger charge is 2.17. The molecule has 0 aliphatic carbocycles. The Labute approximate surface area is 143 Å². The number of nitrogens with zero attached hydrogens (tertiary/aromatic N) is 2. The zero-order chi connectivity index (χ0) is 17.8. The second-order valence-corrected chi connectivity index (χ2v) is 5.61. The maximum atomic E-state index is 11.2. The first kappa shape index (κ1) is 16.4. The van der Waals surface area contributed by atoms with E-state index in [4.69, 9.17) is 0 Å². The van der Waals surface area contributed by atoms with Gasteiger partial charge in [0.25, 0.3) is 11.4 Å². The van der Waals surface area contributed by atoms with E-state index in [9.17, 15) is 20.2 Å². The predicted molar refractivity (Wildman–Crippen MR) is 92.6 cm³/mol. The largest absolute Gasteiger partial charge is 0.364 e. The van der Waals surface area contributed by atoms with Crippen molar-refractivity contribution in [3.63, 3.8) is 0 Å². The van der Waals surface area contributed by atoms with Gasteiger partial charge in [0.15, 0.2) is 0 Å². The summed E-state index contributed by atoms with van der Waals surface area (Å²) in [7, 11) is 0. The fraction of sp³-hybridized carbons (Fsp3) is 0.111. The van der Waals surface area contributed by atoms with Crippen LogP contribution in [0, 0.1) is 20.2 Å². The quantitative estimate of drug-likeness (QED) is 0.542. The fourth-order valence-electron chi connectivity index (χ4n) is 2.84. The Morgan fingerprint density at radius 3 is 1.80 bits per heavy atom. The minimum Gasteiger partial charge on any atom is -0.364 e. The molecule has 0 aliphatic heterocycles. The van der Waals surface area contributed by atoms with Gasteiger partial charge in [-0.25, -0.2) is 0 Å². The standard InChI is InChI=1S/C18H15N3O4/c22-20(23)17-7-3-1-5-14(17)11-13-9-10-19-16(13)12-15-6-2-4-8-18(15)21(24)25/h1-10,19H,11-12H2. The third-order valence-corrected chi connectivity index (χ3v) is 4.05. The number of aromatic amines is 1. The average molecular weight is 337 g/mol. The number of hydrogen-bond donors (Lipinski definition) is 1. The van der Waals surface area contributed by atoms with Gasteiger partial charge in [0.05, 0.1) is 9.85 Å². The summed E-state index contributed by atoms with van der Waals surface area (Å²) in [6, 6.07) is 15.0. The van der Waals surface area contributed by atoms with Gasteiger partial charge in [-0.1, -0.05) is 36.4 Å². The molecule has 0 saturated carbocycles. The van der Waals surface area contributed by atoms with Gasteiger partial charge in [-0.3, -0.25) is 20.2 Å². The van der Waals surface area contributed by atoms with E-state index in [2.05, 4.69) is 4.98 Å². The summed E-state index contributed by atoms with van der Waals surface area (Å²) < 4.78 is 0. The van der Waals surface area contributed by atoms with E-state index in [0.29, 0.717) is 24.0 Å². The normalized spacial score (nSPS) is 10.6. The number of benzene rings is 2. The molecule has 3 aromatic rings. The molecule has 0 saturated heterocycles. The number of aromatic nitrogens is 1. The summed E-state index contributed by atoms with van der Waals surface area (Å²) in [4.78, 5) is 24.6. The molecular weight excluding hydrogens is 322 g/mol. The van der Waals surface area contributed by atoms with Crippen molar-refractivity contribution in [2.24, 2.45) is 0 Å². The highest BCUT2D eigenvalue weighted by Crippen LogP contribution is 2.26. The zero-order valence-electron chi connectivity index (χ0n) is 13.2.